The van der Waals surface area contributed by atoms with Crippen LogP contribution in [0.5, 0.6) is 5.75 Å². The van der Waals surface area contributed by atoms with Crippen LogP contribution in [0.15, 0.2) is 59.3 Å². The summed E-state index contributed by atoms with van der Waals surface area (Å²) in [4.78, 5) is 4.49. The molecule has 0 radical (unpaired) electrons. The van der Waals surface area contributed by atoms with Gasteiger partial charge in [0.1, 0.15) is 29.5 Å². The molecule has 0 spiro atoms. The number of nitrogens with zero attached hydrogens (tertiary/aromatic N) is 5. The fourth-order valence-corrected chi connectivity index (χ4v) is 5.80. The van der Waals surface area contributed by atoms with Gasteiger partial charge >= 0.3 is 0 Å². The van der Waals surface area contributed by atoms with E-state index in [9.17, 15) is 0 Å². The number of benzene rings is 2. The standard InChI is InChI=1S/C28H21Cl3N6O2/c29-21-2-1-3-22(30)25(21)26-20(27(39-35-26)14-4-5-14)13-38-16-7-8-17(23(31)10-16)19-11-18(19)15-6-9-24(32-12-15)28-33-36-37-34-28/h1-3,6-10,12,14,18-19H,4-5,11,13H2,(H,33,34,36,37)/i13D. The van der Waals surface area contributed by atoms with Crippen molar-refractivity contribution in [1.82, 2.24) is 30.8 Å². The number of H-pyrrole nitrogens is 1. The van der Waals surface area contributed by atoms with Crippen LogP contribution in [-0.4, -0.2) is 30.8 Å². The Kier molecular flexibility index (Phi) is 5.97. The van der Waals surface area contributed by atoms with Crippen LogP contribution in [0.4, 0.5) is 0 Å². The van der Waals surface area contributed by atoms with Gasteiger partial charge in [0, 0.05) is 22.7 Å². The quantitative estimate of drug-likeness (QED) is 0.201. The van der Waals surface area contributed by atoms with Gasteiger partial charge in [-0.25, -0.2) is 5.10 Å². The Morgan fingerprint density at radius 3 is 2.56 bits per heavy atom. The third kappa shape index (κ3) is 4.77. The van der Waals surface area contributed by atoms with Gasteiger partial charge in [-0.1, -0.05) is 58.2 Å². The highest BCUT2D eigenvalue weighted by atomic mass is 35.5. The first-order valence-electron chi connectivity index (χ1n) is 13.1. The average molecular weight is 581 g/mol. The molecule has 39 heavy (non-hydrogen) atoms. The fourth-order valence-electron chi connectivity index (χ4n) is 4.92. The predicted molar refractivity (Wildman–Crippen MR) is 147 cm³/mol. The maximum absolute atomic E-state index is 8.92. The summed E-state index contributed by atoms with van der Waals surface area (Å²) in [6, 6.07) is 14.8. The van der Waals surface area contributed by atoms with Crippen LogP contribution in [0.1, 0.15) is 60.8 Å². The Morgan fingerprint density at radius 1 is 1.03 bits per heavy atom. The highest BCUT2D eigenvalue weighted by molar-refractivity contribution is 6.39. The first-order valence-corrected chi connectivity index (χ1v) is 13.6. The number of rotatable bonds is 8. The summed E-state index contributed by atoms with van der Waals surface area (Å²) in [5.41, 5.74) is 4.36. The smallest absolute Gasteiger partial charge is 0.198 e. The van der Waals surface area contributed by atoms with Crippen molar-refractivity contribution in [3.63, 3.8) is 0 Å². The van der Waals surface area contributed by atoms with Crippen molar-refractivity contribution in [2.24, 2.45) is 0 Å². The molecule has 8 nitrogen and oxygen atoms in total. The summed E-state index contributed by atoms with van der Waals surface area (Å²) in [5, 5.41) is 19.5. The van der Waals surface area contributed by atoms with E-state index in [1.165, 1.54) is 0 Å². The predicted octanol–water partition coefficient (Wildman–Crippen LogP) is 7.60. The van der Waals surface area contributed by atoms with Crippen molar-refractivity contribution in [1.29, 1.82) is 0 Å². The molecule has 3 atom stereocenters. The van der Waals surface area contributed by atoms with Gasteiger partial charge in [0.15, 0.2) is 5.82 Å². The van der Waals surface area contributed by atoms with Crippen molar-refractivity contribution in [2.45, 2.75) is 43.6 Å². The zero-order valence-corrected chi connectivity index (χ0v) is 22.6. The number of halogens is 3. The third-order valence-corrected chi connectivity index (χ3v) is 8.14. The number of pyridine rings is 1. The van der Waals surface area contributed by atoms with E-state index >= 15 is 0 Å². The Balaban J connectivity index is 1.10. The van der Waals surface area contributed by atoms with Gasteiger partial charge in [0.2, 0.25) is 0 Å². The van der Waals surface area contributed by atoms with Gasteiger partial charge in [0.05, 0.1) is 17.0 Å². The summed E-state index contributed by atoms with van der Waals surface area (Å²) in [5.74, 6) is 2.47. The summed E-state index contributed by atoms with van der Waals surface area (Å²) in [6.07, 6.45) is 4.78. The highest BCUT2D eigenvalue weighted by Crippen LogP contribution is 2.56. The number of hydrogen-bond acceptors (Lipinski definition) is 7. The van der Waals surface area contributed by atoms with E-state index in [0.29, 0.717) is 60.8 Å². The third-order valence-electron chi connectivity index (χ3n) is 7.18. The molecule has 1 N–H and O–H groups in total. The van der Waals surface area contributed by atoms with E-state index in [1.807, 2.05) is 30.5 Å². The molecule has 5 aromatic rings. The number of nitrogens with one attached hydrogen (secondary N) is 1. The van der Waals surface area contributed by atoms with E-state index in [2.05, 4.69) is 30.8 Å². The molecule has 0 bridgehead atoms. The molecule has 3 aromatic heterocycles. The van der Waals surface area contributed by atoms with Gasteiger partial charge in [0.25, 0.3) is 0 Å². The molecular weight excluding hydrogens is 559 g/mol. The molecule has 2 saturated carbocycles. The molecule has 0 saturated heterocycles. The largest absolute Gasteiger partial charge is 0.489 e. The van der Waals surface area contributed by atoms with Crippen LogP contribution in [0, 0.1) is 0 Å². The Morgan fingerprint density at radius 2 is 1.87 bits per heavy atom. The summed E-state index contributed by atoms with van der Waals surface area (Å²) in [7, 11) is 0. The second-order valence-corrected chi connectivity index (χ2v) is 11.0. The number of aromatic nitrogens is 6. The van der Waals surface area contributed by atoms with Crippen molar-refractivity contribution in [2.75, 3.05) is 0 Å². The molecule has 2 aliphatic rings. The van der Waals surface area contributed by atoms with Crippen LogP contribution in [0.25, 0.3) is 22.8 Å². The fraction of sp³-hybridized carbons (Fsp3) is 0.250. The van der Waals surface area contributed by atoms with Gasteiger partial charge in [-0.2, -0.15) is 0 Å². The second kappa shape index (κ2) is 9.93. The van der Waals surface area contributed by atoms with Crippen LogP contribution < -0.4 is 4.74 Å². The molecule has 11 heteroatoms. The van der Waals surface area contributed by atoms with E-state index in [1.54, 1.807) is 24.3 Å². The van der Waals surface area contributed by atoms with Crippen LogP contribution in [-0.2, 0) is 6.58 Å². The molecule has 0 aliphatic heterocycles. The molecule has 196 valence electrons. The topological polar surface area (TPSA) is 103 Å². The molecule has 0 amide bonds. The lowest BCUT2D eigenvalue weighted by Gasteiger charge is -2.11. The van der Waals surface area contributed by atoms with E-state index in [-0.39, 0.29) is 11.8 Å². The van der Waals surface area contributed by atoms with Crippen molar-refractivity contribution in [3.8, 4) is 28.5 Å². The molecular formula is C28H21Cl3N6O2. The SMILES string of the molecule is [2H]C(Oc1ccc(C2CC2c2ccc(-c3nnn[nH]3)nc2)c(Cl)c1)c1c(-c2c(Cl)cccc2Cl)noc1C1CC1. The van der Waals surface area contributed by atoms with Crippen LogP contribution in [0.3, 0.4) is 0 Å². The van der Waals surface area contributed by atoms with E-state index in [4.69, 9.17) is 45.4 Å². The maximum Gasteiger partial charge on any atom is 0.198 e. The van der Waals surface area contributed by atoms with Gasteiger partial charge in [-0.3, -0.25) is 4.98 Å². The Labute approximate surface area is 240 Å². The van der Waals surface area contributed by atoms with E-state index in [0.717, 1.165) is 30.4 Å². The summed E-state index contributed by atoms with van der Waals surface area (Å²) < 4.78 is 20.7. The van der Waals surface area contributed by atoms with Crippen molar-refractivity contribution < 1.29 is 10.6 Å². The van der Waals surface area contributed by atoms with E-state index < -0.39 is 6.58 Å². The molecule has 3 unspecified atom stereocenters. The normalized spacial score (nSPS) is 19.5. The number of aromatic amines is 1. The lowest BCUT2D eigenvalue weighted by Crippen LogP contribution is -2.00. The second-order valence-electron chi connectivity index (χ2n) is 9.77. The van der Waals surface area contributed by atoms with Gasteiger partial charge < -0.3 is 9.26 Å². The monoisotopic (exact) mass is 579 g/mol. The number of tetrazole rings is 1. The van der Waals surface area contributed by atoms with Crippen molar-refractivity contribution in [3.05, 3.63) is 92.2 Å². The highest BCUT2D eigenvalue weighted by Gasteiger charge is 2.41. The van der Waals surface area contributed by atoms with Crippen LogP contribution in [0.2, 0.25) is 15.1 Å². The lowest BCUT2D eigenvalue weighted by molar-refractivity contribution is 0.300. The van der Waals surface area contributed by atoms with Crippen LogP contribution >= 0.6 is 34.8 Å². The average Bonchev–Trinajstić information content (AvgIpc) is 3.84. The maximum atomic E-state index is 8.92. The molecule has 2 aliphatic carbocycles. The molecule has 7 rings (SSSR count). The summed E-state index contributed by atoms with van der Waals surface area (Å²) >= 11 is 19.7. The van der Waals surface area contributed by atoms with Crippen molar-refractivity contribution >= 4 is 34.8 Å². The Hall–Kier alpha value is -3.46. The minimum atomic E-state index is -1.11. The lowest BCUT2D eigenvalue weighted by atomic mass is 10.0. The first kappa shape index (κ1) is 23.4. The summed E-state index contributed by atoms with van der Waals surface area (Å²) in [6.45, 7) is -1.11. The first-order chi connectivity index (χ1) is 19.5. The van der Waals surface area contributed by atoms with Gasteiger partial charge in [-0.15, -0.1) is 5.10 Å². The number of hydrogen-bond donors (Lipinski definition) is 1. The zero-order valence-electron chi connectivity index (χ0n) is 21.3. The number of ether oxygens (including phenoxy) is 1. The minimum Gasteiger partial charge on any atom is -0.489 e. The molecule has 2 fully saturated rings. The zero-order chi connectivity index (χ0) is 27.4. The molecule has 2 aromatic carbocycles. The minimum absolute atomic E-state index is 0.211. The van der Waals surface area contributed by atoms with Gasteiger partial charge in [-0.05, 0) is 83.0 Å². The Bertz CT molecular complexity index is 1670. The molecule has 3 heterocycles.